The topological polar surface area (TPSA) is 118 Å². The van der Waals surface area contributed by atoms with E-state index in [1.54, 1.807) is 5.38 Å². The Kier molecular flexibility index (Phi) is 7.71. The van der Waals surface area contributed by atoms with Gasteiger partial charge in [-0.2, -0.15) is 13.2 Å². The van der Waals surface area contributed by atoms with Crippen LogP contribution in [0.25, 0.3) is 0 Å². The highest BCUT2D eigenvalue weighted by atomic mass is 35.5. The summed E-state index contributed by atoms with van der Waals surface area (Å²) in [6, 6.07) is 2.97. The van der Waals surface area contributed by atoms with E-state index in [2.05, 4.69) is 15.0 Å². The van der Waals surface area contributed by atoms with Crippen LogP contribution < -0.4 is 14.8 Å². The Morgan fingerprint density at radius 1 is 1.27 bits per heavy atom. The lowest BCUT2D eigenvalue weighted by molar-refractivity contribution is -0.192. The SMILES string of the molecule is O=C(O)C(F)(F)F.O=S(=O)(Nc1nccs1)c1cc(Cl)c(O[C@H]2C[C@H]3CC[C@@H](C2)N3)cc1F. The number of thiazole rings is 1. The number of ether oxygens (including phenoxy) is 1. The van der Waals surface area contributed by atoms with Crippen LogP contribution in [0.3, 0.4) is 0 Å². The lowest BCUT2D eigenvalue weighted by Crippen LogP contribution is -2.42. The van der Waals surface area contributed by atoms with Gasteiger partial charge in [0.1, 0.15) is 22.6 Å². The monoisotopic (exact) mass is 531 g/mol. The zero-order chi connectivity index (χ0) is 24.4. The normalized spacial score (nSPS) is 22.3. The van der Waals surface area contributed by atoms with Crippen LogP contribution in [0.1, 0.15) is 25.7 Å². The van der Waals surface area contributed by atoms with Crippen molar-refractivity contribution in [2.45, 2.75) is 54.9 Å². The van der Waals surface area contributed by atoms with Gasteiger partial charge in [-0.25, -0.2) is 22.6 Å². The highest BCUT2D eigenvalue weighted by Crippen LogP contribution is 2.35. The van der Waals surface area contributed by atoms with E-state index < -0.39 is 32.9 Å². The van der Waals surface area contributed by atoms with Crippen LogP contribution >= 0.6 is 22.9 Å². The van der Waals surface area contributed by atoms with Gasteiger partial charge in [0.25, 0.3) is 10.0 Å². The van der Waals surface area contributed by atoms with E-state index in [0.29, 0.717) is 12.1 Å². The van der Waals surface area contributed by atoms with Crippen molar-refractivity contribution in [2.24, 2.45) is 0 Å². The van der Waals surface area contributed by atoms with Crippen molar-refractivity contribution >= 4 is 44.1 Å². The zero-order valence-electron chi connectivity index (χ0n) is 16.6. The van der Waals surface area contributed by atoms with Crippen LogP contribution in [0, 0.1) is 5.82 Å². The van der Waals surface area contributed by atoms with Crippen LogP contribution in [0.4, 0.5) is 22.7 Å². The first-order valence-electron chi connectivity index (χ1n) is 9.49. The minimum atomic E-state index is -5.08. The Balaban J connectivity index is 0.000000383. The van der Waals surface area contributed by atoms with Crippen molar-refractivity contribution < 1.29 is 40.6 Å². The van der Waals surface area contributed by atoms with E-state index in [-0.39, 0.29) is 22.0 Å². The fourth-order valence-corrected chi connectivity index (χ4v) is 5.68. The molecule has 0 amide bonds. The molecule has 3 atom stereocenters. The van der Waals surface area contributed by atoms with Crippen LogP contribution in [-0.4, -0.2) is 48.8 Å². The fourth-order valence-electron chi connectivity index (χ4n) is 3.53. The van der Waals surface area contributed by atoms with Crippen molar-refractivity contribution in [3.8, 4) is 5.75 Å². The minimum Gasteiger partial charge on any atom is -0.489 e. The van der Waals surface area contributed by atoms with Gasteiger partial charge >= 0.3 is 12.1 Å². The highest BCUT2D eigenvalue weighted by Gasteiger charge is 2.38. The molecule has 2 aromatic rings. The summed E-state index contributed by atoms with van der Waals surface area (Å²) in [5.74, 6) is -3.50. The number of benzene rings is 1. The molecule has 33 heavy (non-hydrogen) atoms. The molecular weight excluding hydrogens is 514 g/mol. The molecule has 1 aromatic heterocycles. The summed E-state index contributed by atoms with van der Waals surface area (Å²) in [7, 11) is -4.12. The Labute approximate surface area is 195 Å². The summed E-state index contributed by atoms with van der Waals surface area (Å²) in [5, 5.41) is 12.5. The van der Waals surface area contributed by atoms with Crippen LogP contribution in [0.15, 0.2) is 28.6 Å². The standard InChI is InChI=1S/C16H17ClFN3O3S2.C2HF3O2/c17-12-7-15(26(22,23)21-16-19-3-4-25-16)13(18)8-14(12)24-11-5-9-1-2-10(6-11)20-9;3-2(4,5)1(6)7/h3-4,7-11,20H,1-2,5-6H2,(H,19,21);(H,6,7)/t9-,10+,11+;. The second-order valence-electron chi connectivity index (χ2n) is 7.31. The van der Waals surface area contributed by atoms with Gasteiger partial charge in [-0.15, -0.1) is 11.3 Å². The Hall–Kier alpha value is -2.16. The fraction of sp³-hybridized carbons (Fsp3) is 0.444. The number of sulfonamides is 1. The first kappa shape index (κ1) is 25.5. The van der Waals surface area contributed by atoms with Crippen molar-refractivity contribution in [3.63, 3.8) is 0 Å². The highest BCUT2D eigenvalue weighted by molar-refractivity contribution is 7.93. The number of carboxylic acid groups (broad SMARTS) is 1. The molecule has 2 saturated heterocycles. The summed E-state index contributed by atoms with van der Waals surface area (Å²) in [4.78, 5) is 12.2. The molecule has 0 aliphatic carbocycles. The number of nitrogens with one attached hydrogen (secondary N) is 2. The second kappa shape index (κ2) is 9.99. The number of aliphatic carboxylic acids is 1. The zero-order valence-corrected chi connectivity index (χ0v) is 19.0. The van der Waals surface area contributed by atoms with Gasteiger partial charge in [0.05, 0.1) is 5.02 Å². The third-order valence-electron chi connectivity index (χ3n) is 4.90. The molecule has 2 fully saturated rings. The lowest BCUT2D eigenvalue weighted by atomic mass is 10.0. The predicted octanol–water partition coefficient (Wildman–Crippen LogP) is 4.03. The average molecular weight is 532 g/mol. The average Bonchev–Trinajstić information content (AvgIpc) is 3.32. The number of fused-ring (bicyclic) bond motifs is 2. The van der Waals surface area contributed by atoms with Gasteiger partial charge in [-0.3, -0.25) is 4.72 Å². The third kappa shape index (κ3) is 6.68. The molecule has 0 radical (unpaired) electrons. The van der Waals surface area contributed by atoms with E-state index in [4.69, 9.17) is 26.2 Å². The molecule has 3 N–H and O–H groups in total. The summed E-state index contributed by atoms with van der Waals surface area (Å²) in [6.45, 7) is 0. The maximum Gasteiger partial charge on any atom is 0.490 e. The van der Waals surface area contributed by atoms with Gasteiger partial charge < -0.3 is 15.2 Å². The number of alkyl halides is 3. The number of carbonyl (C=O) groups is 1. The number of piperidine rings is 1. The molecule has 4 rings (SSSR count). The lowest BCUT2D eigenvalue weighted by Gasteiger charge is -2.29. The molecule has 3 heterocycles. The van der Waals surface area contributed by atoms with Crippen molar-refractivity contribution in [3.05, 3.63) is 34.5 Å². The van der Waals surface area contributed by atoms with Crippen LogP contribution in [0.5, 0.6) is 5.75 Å². The van der Waals surface area contributed by atoms with E-state index in [1.807, 2.05) is 0 Å². The molecular formula is C18H18ClF4N3O5S2. The number of aromatic nitrogens is 1. The number of carboxylic acids is 1. The second-order valence-corrected chi connectivity index (χ2v) is 10.3. The van der Waals surface area contributed by atoms with Crippen LogP contribution in [0.2, 0.25) is 5.02 Å². The van der Waals surface area contributed by atoms with Crippen molar-refractivity contribution in [1.29, 1.82) is 0 Å². The minimum absolute atomic E-state index is 0.0541. The molecule has 2 aliphatic rings. The number of hydrogen-bond donors (Lipinski definition) is 3. The smallest absolute Gasteiger partial charge is 0.489 e. The number of rotatable bonds is 5. The predicted molar refractivity (Wildman–Crippen MR) is 112 cm³/mol. The van der Waals surface area contributed by atoms with Gasteiger partial charge in [-0.05, 0) is 31.7 Å². The number of halogens is 5. The third-order valence-corrected chi connectivity index (χ3v) is 7.36. The molecule has 0 unspecified atom stereocenters. The Morgan fingerprint density at radius 2 is 1.88 bits per heavy atom. The van der Waals surface area contributed by atoms with E-state index in [0.717, 1.165) is 49.2 Å². The van der Waals surface area contributed by atoms with Crippen molar-refractivity contribution in [2.75, 3.05) is 4.72 Å². The molecule has 0 spiro atoms. The van der Waals surface area contributed by atoms with E-state index >= 15 is 0 Å². The number of hydrogen-bond acceptors (Lipinski definition) is 7. The molecule has 2 bridgehead atoms. The number of nitrogens with zero attached hydrogens (tertiary/aromatic N) is 1. The van der Waals surface area contributed by atoms with Gasteiger partial charge in [-0.1, -0.05) is 11.6 Å². The maximum absolute atomic E-state index is 14.5. The van der Waals surface area contributed by atoms with Crippen molar-refractivity contribution in [1.82, 2.24) is 10.3 Å². The quantitative estimate of drug-likeness (QED) is 0.499. The molecule has 8 nitrogen and oxygen atoms in total. The largest absolute Gasteiger partial charge is 0.490 e. The van der Waals surface area contributed by atoms with Gasteiger partial charge in [0.2, 0.25) is 0 Å². The number of anilines is 1. The first-order chi connectivity index (χ1) is 15.3. The van der Waals surface area contributed by atoms with Crippen LogP contribution in [-0.2, 0) is 14.8 Å². The summed E-state index contributed by atoms with van der Waals surface area (Å²) < 4.78 is 79.1. The molecule has 182 valence electrons. The first-order valence-corrected chi connectivity index (χ1v) is 12.2. The molecule has 2 aliphatic heterocycles. The summed E-state index contributed by atoms with van der Waals surface area (Å²) in [6.07, 6.45) is 0.217. The maximum atomic E-state index is 14.5. The van der Waals surface area contributed by atoms with E-state index in [1.165, 1.54) is 6.20 Å². The molecule has 0 saturated carbocycles. The Bertz CT molecular complexity index is 1090. The molecule has 15 heteroatoms. The van der Waals surface area contributed by atoms with E-state index in [9.17, 15) is 26.0 Å². The summed E-state index contributed by atoms with van der Waals surface area (Å²) >= 11 is 7.28. The Morgan fingerprint density at radius 3 is 2.39 bits per heavy atom. The summed E-state index contributed by atoms with van der Waals surface area (Å²) in [5.41, 5.74) is 0. The van der Waals surface area contributed by atoms with Gasteiger partial charge in [0.15, 0.2) is 5.13 Å². The molecule has 1 aromatic carbocycles. The van der Waals surface area contributed by atoms with Gasteiger partial charge in [0, 0.05) is 29.7 Å².